The summed E-state index contributed by atoms with van der Waals surface area (Å²) in [5.74, 6) is 0. The van der Waals surface area contributed by atoms with Crippen LogP contribution >= 0.6 is 0 Å². The lowest BCUT2D eigenvalue weighted by molar-refractivity contribution is 0.654. The summed E-state index contributed by atoms with van der Waals surface area (Å²) in [5.41, 5.74) is 7.82. The number of likely N-dealkylation sites (N-methyl/N-ethyl adjacent to an activating group) is 1. The Morgan fingerprint density at radius 3 is 2.60 bits per heavy atom. The van der Waals surface area contributed by atoms with Gasteiger partial charge in [0.05, 0.1) is 12.2 Å². The standard InChI is InChI=1S/C17H25N3/c1-12-6-7-13(2)16(10-12)11-20-15(4)17(8-9-18-5)14(3)19-20/h6-7,10,18H,8-9,11H2,1-5H3. The van der Waals surface area contributed by atoms with Crippen LogP contribution in [0.1, 0.15) is 33.6 Å². The van der Waals surface area contributed by atoms with E-state index in [-0.39, 0.29) is 0 Å². The second-order valence-corrected chi connectivity index (χ2v) is 5.59. The maximum absolute atomic E-state index is 4.72. The Balaban J connectivity index is 2.27. The summed E-state index contributed by atoms with van der Waals surface area (Å²) < 4.78 is 2.14. The molecule has 0 unspecified atom stereocenters. The van der Waals surface area contributed by atoms with Gasteiger partial charge in [-0.1, -0.05) is 23.8 Å². The number of benzene rings is 1. The van der Waals surface area contributed by atoms with Crippen LogP contribution in [-0.4, -0.2) is 23.4 Å². The lowest BCUT2D eigenvalue weighted by atomic mass is 10.1. The molecule has 0 aliphatic rings. The molecule has 0 atom stereocenters. The average molecular weight is 271 g/mol. The Hall–Kier alpha value is -1.61. The van der Waals surface area contributed by atoms with Crippen molar-refractivity contribution in [3.63, 3.8) is 0 Å². The predicted molar refractivity (Wildman–Crippen MR) is 84.3 cm³/mol. The van der Waals surface area contributed by atoms with Gasteiger partial charge in [0, 0.05) is 5.69 Å². The lowest BCUT2D eigenvalue weighted by Gasteiger charge is -2.09. The average Bonchev–Trinajstić information content (AvgIpc) is 2.67. The first-order chi connectivity index (χ1) is 9.52. The highest BCUT2D eigenvalue weighted by Gasteiger charge is 2.12. The number of rotatable bonds is 5. The van der Waals surface area contributed by atoms with Crippen LogP contribution in [0.5, 0.6) is 0 Å². The molecule has 1 N–H and O–H groups in total. The third-order valence-corrected chi connectivity index (χ3v) is 3.98. The molecular formula is C17H25N3. The van der Waals surface area contributed by atoms with E-state index in [1.165, 1.54) is 27.9 Å². The molecule has 2 aromatic rings. The maximum Gasteiger partial charge on any atom is 0.0665 e. The van der Waals surface area contributed by atoms with Crippen LogP contribution < -0.4 is 5.32 Å². The molecule has 0 amide bonds. The minimum absolute atomic E-state index is 0.861. The van der Waals surface area contributed by atoms with Crippen LogP contribution in [0.4, 0.5) is 0 Å². The third kappa shape index (κ3) is 3.10. The lowest BCUT2D eigenvalue weighted by Crippen LogP contribution is -2.11. The smallest absolute Gasteiger partial charge is 0.0665 e. The minimum Gasteiger partial charge on any atom is -0.319 e. The Morgan fingerprint density at radius 2 is 1.90 bits per heavy atom. The van der Waals surface area contributed by atoms with E-state index in [1.807, 2.05) is 7.05 Å². The van der Waals surface area contributed by atoms with Crippen molar-refractivity contribution in [1.82, 2.24) is 15.1 Å². The predicted octanol–water partition coefficient (Wildman–Crippen LogP) is 2.93. The highest BCUT2D eigenvalue weighted by atomic mass is 15.3. The van der Waals surface area contributed by atoms with Crippen molar-refractivity contribution in [1.29, 1.82) is 0 Å². The summed E-state index contributed by atoms with van der Waals surface area (Å²) in [5, 5.41) is 7.93. The number of aromatic nitrogens is 2. The highest BCUT2D eigenvalue weighted by molar-refractivity contribution is 5.32. The first-order valence-electron chi connectivity index (χ1n) is 7.26. The molecule has 3 nitrogen and oxygen atoms in total. The van der Waals surface area contributed by atoms with E-state index < -0.39 is 0 Å². The van der Waals surface area contributed by atoms with Crippen LogP contribution in [0.2, 0.25) is 0 Å². The third-order valence-electron chi connectivity index (χ3n) is 3.98. The summed E-state index contributed by atoms with van der Waals surface area (Å²) in [7, 11) is 1.99. The summed E-state index contributed by atoms with van der Waals surface area (Å²) in [6, 6.07) is 6.62. The molecule has 0 bridgehead atoms. The Bertz CT molecular complexity index is 597. The summed E-state index contributed by atoms with van der Waals surface area (Å²) >= 11 is 0. The van der Waals surface area contributed by atoms with Gasteiger partial charge in [-0.3, -0.25) is 4.68 Å². The van der Waals surface area contributed by atoms with Crippen molar-refractivity contribution < 1.29 is 0 Å². The van der Waals surface area contributed by atoms with Gasteiger partial charge < -0.3 is 5.32 Å². The fourth-order valence-electron chi connectivity index (χ4n) is 2.63. The van der Waals surface area contributed by atoms with Crippen molar-refractivity contribution in [2.45, 2.75) is 40.7 Å². The first-order valence-corrected chi connectivity index (χ1v) is 7.26. The topological polar surface area (TPSA) is 29.9 Å². The van der Waals surface area contributed by atoms with Gasteiger partial charge in [-0.2, -0.15) is 5.10 Å². The van der Waals surface area contributed by atoms with E-state index in [0.717, 1.165) is 25.2 Å². The van der Waals surface area contributed by atoms with Gasteiger partial charge in [0.25, 0.3) is 0 Å². The Morgan fingerprint density at radius 1 is 1.15 bits per heavy atom. The summed E-state index contributed by atoms with van der Waals surface area (Å²) in [6.45, 7) is 10.5. The highest BCUT2D eigenvalue weighted by Crippen LogP contribution is 2.17. The number of hydrogen-bond donors (Lipinski definition) is 1. The van der Waals surface area contributed by atoms with Crippen molar-refractivity contribution in [2.75, 3.05) is 13.6 Å². The van der Waals surface area contributed by atoms with E-state index in [9.17, 15) is 0 Å². The van der Waals surface area contributed by atoms with Gasteiger partial charge in [-0.15, -0.1) is 0 Å². The van der Waals surface area contributed by atoms with Gasteiger partial charge >= 0.3 is 0 Å². The number of nitrogens with one attached hydrogen (secondary N) is 1. The van der Waals surface area contributed by atoms with Crippen molar-refractivity contribution in [2.24, 2.45) is 0 Å². The molecule has 0 aliphatic carbocycles. The molecule has 20 heavy (non-hydrogen) atoms. The Kier molecular flexibility index (Phi) is 4.61. The molecular weight excluding hydrogens is 246 g/mol. The first kappa shape index (κ1) is 14.8. The van der Waals surface area contributed by atoms with Gasteiger partial charge in [0.2, 0.25) is 0 Å². The molecule has 2 rings (SSSR count). The van der Waals surface area contributed by atoms with Crippen molar-refractivity contribution in [3.05, 3.63) is 51.8 Å². The summed E-state index contributed by atoms with van der Waals surface area (Å²) in [4.78, 5) is 0. The molecule has 0 fully saturated rings. The molecule has 108 valence electrons. The van der Waals surface area contributed by atoms with Crippen LogP contribution in [0.25, 0.3) is 0 Å². The molecule has 0 spiro atoms. The minimum atomic E-state index is 0.861. The second-order valence-electron chi connectivity index (χ2n) is 5.59. The fourth-order valence-corrected chi connectivity index (χ4v) is 2.63. The molecule has 1 heterocycles. The molecule has 0 saturated carbocycles. The molecule has 0 radical (unpaired) electrons. The molecule has 0 aliphatic heterocycles. The van der Waals surface area contributed by atoms with Crippen LogP contribution in [0, 0.1) is 27.7 Å². The molecule has 1 aromatic carbocycles. The second kappa shape index (κ2) is 6.23. The van der Waals surface area contributed by atoms with Gasteiger partial charge in [-0.25, -0.2) is 0 Å². The van der Waals surface area contributed by atoms with E-state index in [0.29, 0.717) is 0 Å². The van der Waals surface area contributed by atoms with Crippen molar-refractivity contribution >= 4 is 0 Å². The Labute approximate surface area is 122 Å². The summed E-state index contributed by atoms with van der Waals surface area (Å²) in [6.07, 6.45) is 1.04. The fraction of sp³-hybridized carbons (Fsp3) is 0.471. The normalized spacial score (nSPS) is 11.1. The van der Waals surface area contributed by atoms with E-state index in [2.05, 4.69) is 55.9 Å². The van der Waals surface area contributed by atoms with E-state index in [1.54, 1.807) is 0 Å². The molecule has 1 aromatic heterocycles. The van der Waals surface area contributed by atoms with Crippen molar-refractivity contribution in [3.8, 4) is 0 Å². The van der Waals surface area contributed by atoms with Crippen LogP contribution in [-0.2, 0) is 13.0 Å². The van der Waals surface area contributed by atoms with E-state index >= 15 is 0 Å². The van der Waals surface area contributed by atoms with Crippen LogP contribution in [0.3, 0.4) is 0 Å². The molecule has 3 heteroatoms. The quantitative estimate of drug-likeness (QED) is 0.906. The zero-order valence-electron chi connectivity index (χ0n) is 13.2. The number of hydrogen-bond acceptors (Lipinski definition) is 2. The SMILES string of the molecule is CNCCc1c(C)nn(Cc2cc(C)ccc2C)c1C. The van der Waals surface area contributed by atoms with Gasteiger partial charge in [0.1, 0.15) is 0 Å². The van der Waals surface area contributed by atoms with Gasteiger partial charge in [-0.05, 0) is 64.4 Å². The largest absolute Gasteiger partial charge is 0.319 e. The zero-order chi connectivity index (χ0) is 14.7. The van der Waals surface area contributed by atoms with Gasteiger partial charge in [0.15, 0.2) is 0 Å². The molecule has 0 saturated heterocycles. The maximum atomic E-state index is 4.72. The zero-order valence-corrected chi connectivity index (χ0v) is 13.2. The number of aryl methyl sites for hydroxylation is 3. The van der Waals surface area contributed by atoms with Crippen LogP contribution in [0.15, 0.2) is 18.2 Å². The monoisotopic (exact) mass is 271 g/mol. The number of nitrogens with zero attached hydrogens (tertiary/aromatic N) is 2. The van der Waals surface area contributed by atoms with E-state index in [4.69, 9.17) is 5.10 Å².